The molecular formula is C8H16N2S. The van der Waals surface area contributed by atoms with Crippen molar-refractivity contribution in [2.24, 2.45) is 11.7 Å². The van der Waals surface area contributed by atoms with E-state index in [1.807, 2.05) is 0 Å². The van der Waals surface area contributed by atoms with Gasteiger partial charge in [0.25, 0.3) is 0 Å². The quantitative estimate of drug-likeness (QED) is 0.652. The van der Waals surface area contributed by atoms with Gasteiger partial charge in [0, 0.05) is 13.1 Å². The van der Waals surface area contributed by atoms with E-state index >= 15 is 0 Å². The van der Waals surface area contributed by atoms with Crippen LogP contribution in [0.15, 0.2) is 0 Å². The van der Waals surface area contributed by atoms with Gasteiger partial charge in [-0.3, -0.25) is 0 Å². The van der Waals surface area contributed by atoms with Crippen LogP contribution in [-0.4, -0.2) is 23.1 Å². The van der Waals surface area contributed by atoms with Crippen LogP contribution in [0.4, 0.5) is 0 Å². The molecule has 0 spiro atoms. The molecule has 0 amide bonds. The first-order valence-electron chi connectivity index (χ1n) is 4.28. The first-order chi connectivity index (χ1) is 5.24. The Kier molecular flexibility index (Phi) is 3.12. The third-order valence-electron chi connectivity index (χ3n) is 2.40. The van der Waals surface area contributed by atoms with Gasteiger partial charge in [-0.05, 0) is 37.9 Å². The van der Waals surface area contributed by atoms with Crippen LogP contribution >= 0.6 is 12.2 Å². The Hall–Kier alpha value is -0.310. The van der Waals surface area contributed by atoms with Gasteiger partial charge in [-0.1, -0.05) is 6.42 Å². The Labute approximate surface area is 73.7 Å². The van der Waals surface area contributed by atoms with Gasteiger partial charge in [-0.15, -0.1) is 0 Å². The third-order valence-corrected chi connectivity index (χ3v) is 2.65. The molecule has 1 aliphatic carbocycles. The van der Waals surface area contributed by atoms with Crippen molar-refractivity contribution in [2.45, 2.75) is 26.2 Å². The van der Waals surface area contributed by atoms with Crippen LogP contribution in [-0.2, 0) is 0 Å². The minimum atomic E-state index is 0.555. The molecule has 0 aromatic carbocycles. The van der Waals surface area contributed by atoms with E-state index in [-0.39, 0.29) is 0 Å². The van der Waals surface area contributed by atoms with E-state index < -0.39 is 0 Å². The molecule has 1 aliphatic rings. The van der Waals surface area contributed by atoms with Gasteiger partial charge in [0.05, 0.1) is 0 Å². The van der Waals surface area contributed by atoms with Gasteiger partial charge >= 0.3 is 0 Å². The predicted molar refractivity (Wildman–Crippen MR) is 51.4 cm³/mol. The zero-order valence-corrected chi connectivity index (χ0v) is 7.86. The molecule has 0 aromatic rings. The van der Waals surface area contributed by atoms with E-state index in [0.29, 0.717) is 5.11 Å². The van der Waals surface area contributed by atoms with Crippen LogP contribution in [0.2, 0.25) is 0 Å². The molecule has 0 radical (unpaired) electrons. The van der Waals surface area contributed by atoms with Crippen LogP contribution in [0.5, 0.6) is 0 Å². The molecule has 0 aromatic heterocycles. The molecule has 0 atom stereocenters. The summed E-state index contributed by atoms with van der Waals surface area (Å²) in [4.78, 5) is 2.08. The molecule has 2 N–H and O–H groups in total. The maximum atomic E-state index is 5.53. The molecule has 2 nitrogen and oxygen atoms in total. The van der Waals surface area contributed by atoms with Crippen molar-refractivity contribution in [3.05, 3.63) is 0 Å². The average Bonchev–Trinajstić information content (AvgIpc) is 1.85. The van der Waals surface area contributed by atoms with Gasteiger partial charge < -0.3 is 10.6 Å². The van der Waals surface area contributed by atoms with E-state index in [0.717, 1.165) is 19.0 Å². The first kappa shape index (κ1) is 8.78. The molecular weight excluding hydrogens is 156 g/mol. The Bertz CT molecular complexity index is 143. The minimum Gasteiger partial charge on any atom is -0.376 e. The predicted octanol–water partition coefficient (Wildman–Crippen LogP) is 1.35. The normalized spacial score (nSPS) is 17.5. The van der Waals surface area contributed by atoms with Crippen molar-refractivity contribution in [3.63, 3.8) is 0 Å². The van der Waals surface area contributed by atoms with E-state index in [2.05, 4.69) is 11.8 Å². The summed E-state index contributed by atoms with van der Waals surface area (Å²) in [5.41, 5.74) is 5.53. The van der Waals surface area contributed by atoms with Gasteiger partial charge in [0.1, 0.15) is 0 Å². The van der Waals surface area contributed by atoms with Crippen molar-refractivity contribution < 1.29 is 0 Å². The molecule has 11 heavy (non-hydrogen) atoms. The third kappa shape index (κ3) is 2.33. The van der Waals surface area contributed by atoms with E-state index in [1.54, 1.807) is 0 Å². The maximum Gasteiger partial charge on any atom is 0.166 e. The number of rotatable bonds is 3. The average molecular weight is 172 g/mol. The lowest BCUT2D eigenvalue weighted by Gasteiger charge is -2.31. The first-order valence-corrected chi connectivity index (χ1v) is 4.69. The second kappa shape index (κ2) is 3.90. The molecule has 1 rings (SSSR count). The molecule has 0 bridgehead atoms. The van der Waals surface area contributed by atoms with Crippen LogP contribution in [0.25, 0.3) is 0 Å². The van der Waals surface area contributed by atoms with Crippen molar-refractivity contribution >= 4 is 17.3 Å². The summed E-state index contributed by atoms with van der Waals surface area (Å²) >= 11 is 4.91. The number of nitrogens with two attached hydrogens (primary N) is 1. The largest absolute Gasteiger partial charge is 0.376 e. The molecule has 1 saturated carbocycles. The Morgan fingerprint density at radius 3 is 2.55 bits per heavy atom. The second-order valence-corrected chi connectivity index (χ2v) is 3.59. The fourth-order valence-electron chi connectivity index (χ4n) is 1.36. The van der Waals surface area contributed by atoms with E-state index in [4.69, 9.17) is 18.0 Å². The van der Waals surface area contributed by atoms with Crippen LogP contribution in [0.1, 0.15) is 26.2 Å². The molecule has 1 fully saturated rings. The summed E-state index contributed by atoms with van der Waals surface area (Å²) in [7, 11) is 0. The lowest BCUT2D eigenvalue weighted by Crippen LogP contribution is -2.40. The highest BCUT2D eigenvalue weighted by Gasteiger charge is 2.20. The topological polar surface area (TPSA) is 29.3 Å². The zero-order chi connectivity index (χ0) is 8.27. The number of nitrogens with zero attached hydrogens (tertiary/aromatic N) is 1. The summed E-state index contributed by atoms with van der Waals surface area (Å²) in [6, 6.07) is 0. The van der Waals surface area contributed by atoms with Crippen molar-refractivity contribution in [1.29, 1.82) is 0 Å². The standard InChI is InChI=1S/C8H16N2S/c1-2-10(8(9)11)6-7-4-3-5-7/h7H,2-6H2,1H3,(H2,9,11). The van der Waals surface area contributed by atoms with Gasteiger partial charge in [-0.2, -0.15) is 0 Å². The minimum absolute atomic E-state index is 0.555. The van der Waals surface area contributed by atoms with Crippen LogP contribution < -0.4 is 5.73 Å². The lowest BCUT2D eigenvalue weighted by molar-refractivity contribution is 0.245. The summed E-state index contributed by atoms with van der Waals surface area (Å²) < 4.78 is 0. The Balaban J connectivity index is 2.24. The Morgan fingerprint density at radius 2 is 2.27 bits per heavy atom. The molecule has 0 aliphatic heterocycles. The van der Waals surface area contributed by atoms with Gasteiger partial charge in [0.2, 0.25) is 0 Å². The zero-order valence-electron chi connectivity index (χ0n) is 7.05. The van der Waals surface area contributed by atoms with Crippen molar-refractivity contribution in [2.75, 3.05) is 13.1 Å². The fourth-order valence-corrected chi connectivity index (χ4v) is 1.57. The molecule has 3 heteroatoms. The highest BCUT2D eigenvalue weighted by molar-refractivity contribution is 7.80. The fraction of sp³-hybridized carbons (Fsp3) is 0.875. The molecule has 0 heterocycles. The summed E-state index contributed by atoms with van der Waals surface area (Å²) in [5.74, 6) is 0.858. The second-order valence-electron chi connectivity index (χ2n) is 3.17. The molecule has 0 unspecified atom stereocenters. The SMILES string of the molecule is CCN(CC1CCC1)C(N)=S. The smallest absolute Gasteiger partial charge is 0.166 e. The summed E-state index contributed by atoms with van der Waals surface area (Å²) in [6.07, 6.45) is 4.11. The number of hydrogen-bond donors (Lipinski definition) is 1. The number of hydrogen-bond acceptors (Lipinski definition) is 1. The molecule has 0 saturated heterocycles. The van der Waals surface area contributed by atoms with Crippen molar-refractivity contribution in [3.8, 4) is 0 Å². The molecule has 64 valence electrons. The van der Waals surface area contributed by atoms with Gasteiger partial charge in [-0.25, -0.2) is 0 Å². The van der Waals surface area contributed by atoms with Crippen molar-refractivity contribution in [1.82, 2.24) is 4.90 Å². The highest BCUT2D eigenvalue weighted by atomic mass is 32.1. The Morgan fingerprint density at radius 1 is 1.64 bits per heavy atom. The van der Waals surface area contributed by atoms with E-state index in [1.165, 1.54) is 19.3 Å². The van der Waals surface area contributed by atoms with Gasteiger partial charge in [0.15, 0.2) is 5.11 Å². The lowest BCUT2D eigenvalue weighted by atomic mass is 9.85. The maximum absolute atomic E-state index is 5.53. The highest BCUT2D eigenvalue weighted by Crippen LogP contribution is 2.26. The van der Waals surface area contributed by atoms with E-state index in [9.17, 15) is 0 Å². The number of thiocarbonyl (C=S) groups is 1. The monoisotopic (exact) mass is 172 g/mol. The van der Waals surface area contributed by atoms with Crippen LogP contribution in [0, 0.1) is 5.92 Å². The summed E-state index contributed by atoms with van der Waals surface area (Å²) in [5, 5.41) is 0.555. The summed E-state index contributed by atoms with van der Waals surface area (Å²) in [6.45, 7) is 4.12. The van der Waals surface area contributed by atoms with Crippen LogP contribution in [0.3, 0.4) is 0 Å².